The van der Waals surface area contributed by atoms with Crippen LogP contribution >= 0.6 is 22.9 Å². The summed E-state index contributed by atoms with van der Waals surface area (Å²) in [5.41, 5.74) is 0.607. The van der Waals surface area contributed by atoms with Crippen molar-refractivity contribution in [3.05, 3.63) is 68.9 Å². The number of amides is 1. The fraction of sp³-hybridized carbons (Fsp3) is 0.111. The molecule has 1 heterocycles. The number of hydrogen-bond donors (Lipinski definition) is 2. The Labute approximate surface area is 170 Å². The van der Waals surface area contributed by atoms with E-state index in [1.165, 1.54) is 41.7 Å². The predicted octanol–water partition coefficient (Wildman–Crippen LogP) is 4.61. The number of nitrogens with one attached hydrogen (secondary N) is 2. The number of rotatable bonds is 5. The number of carbonyl (C=O) groups excluding carboxylic acids is 1. The van der Waals surface area contributed by atoms with Crippen molar-refractivity contribution in [1.29, 1.82) is 0 Å². The highest BCUT2D eigenvalue weighted by molar-refractivity contribution is 7.92. The van der Waals surface area contributed by atoms with Crippen molar-refractivity contribution in [1.82, 2.24) is 4.98 Å². The molecule has 0 unspecified atom stereocenters. The van der Waals surface area contributed by atoms with Crippen LogP contribution in [-0.4, -0.2) is 19.3 Å². The molecule has 0 spiro atoms. The van der Waals surface area contributed by atoms with Crippen molar-refractivity contribution in [3.63, 3.8) is 0 Å². The molecule has 0 aliphatic rings. The zero-order valence-corrected chi connectivity index (χ0v) is 17.2. The first-order valence-corrected chi connectivity index (χ1v) is 10.7. The molecule has 2 N–H and O–H groups in total. The molecule has 1 amide bonds. The van der Waals surface area contributed by atoms with Gasteiger partial charge in [0.25, 0.3) is 15.9 Å². The number of thiazole rings is 1. The minimum atomic E-state index is -4.22. The van der Waals surface area contributed by atoms with Crippen LogP contribution in [0.1, 0.15) is 20.4 Å². The molecule has 0 radical (unpaired) electrons. The fourth-order valence-corrected chi connectivity index (χ4v) is 4.55. The molecule has 0 aliphatic carbocycles. The molecular weight excluding hydrogens is 425 g/mol. The monoisotopic (exact) mass is 439 g/mol. The average molecular weight is 440 g/mol. The van der Waals surface area contributed by atoms with Crippen LogP contribution < -0.4 is 10.0 Å². The van der Waals surface area contributed by atoms with Crippen LogP contribution in [0.15, 0.2) is 47.4 Å². The molecule has 0 atom stereocenters. The average Bonchev–Trinajstić information content (AvgIpc) is 2.97. The van der Waals surface area contributed by atoms with E-state index in [0.29, 0.717) is 5.02 Å². The lowest BCUT2D eigenvalue weighted by Gasteiger charge is -2.11. The highest BCUT2D eigenvalue weighted by Gasteiger charge is 2.21. The van der Waals surface area contributed by atoms with Gasteiger partial charge in [0, 0.05) is 21.3 Å². The summed E-state index contributed by atoms with van der Waals surface area (Å²) in [6, 6.07) is 9.23. The van der Waals surface area contributed by atoms with Crippen LogP contribution in [-0.2, 0) is 10.0 Å². The van der Waals surface area contributed by atoms with Crippen molar-refractivity contribution in [2.24, 2.45) is 0 Å². The number of sulfonamides is 1. The summed E-state index contributed by atoms with van der Waals surface area (Å²) in [5, 5.41) is 3.72. The van der Waals surface area contributed by atoms with Gasteiger partial charge in [-0.15, -0.1) is 11.3 Å². The van der Waals surface area contributed by atoms with E-state index < -0.39 is 26.6 Å². The van der Waals surface area contributed by atoms with Crippen LogP contribution in [0, 0.1) is 19.7 Å². The summed E-state index contributed by atoms with van der Waals surface area (Å²) in [5.74, 6) is -1.44. The van der Waals surface area contributed by atoms with Crippen LogP contribution in [0.3, 0.4) is 0 Å². The van der Waals surface area contributed by atoms with E-state index in [9.17, 15) is 17.6 Å². The third-order valence-electron chi connectivity index (χ3n) is 3.69. The van der Waals surface area contributed by atoms with Gasteiger partial charge in [-0.25, -0.2) is 17.8 Å². The summed E-state index contributed by atoms with van der Waals surface area (Å²) < 4.78 is 41.6. The molecule has 0 saturated carbocycles. The Hall–Kier alpha value is -2.49. The second-order valence-electron chi connectivity index (χ2n) is 5.85. The molecule has 0 aliphatic heterocycles. The van der Waals surface area contributed by atoms with Gasteiger partial charge in [0.2, 0.25) is 0 Å². The molecule has 2 aromatic carbocycles. The Bertz CT molecular complexity index is 1150. The third-order valence-corrected chi connectivity index (χ3v) is 6.23. The Balaban J connectivity index is 1.87. The van der Waals surface area contributed by atoms with E-state index in [0.717, 1.165) is 22.0 Å². The molecule has 146 valence electrons. The van der Waals surface area contributed by atoms with Gasteiger partial charge in [-0.3, -0.25) is 9.52 Å². The number of hydrogen-bond acceptors (Lipinski definition) is 5. The maximum absolute atomic E-state index is 14.2. The summed E-state index contributed by atoms with van der Waals surface area (Å²) in [4.78, 5) is 16.7. The Morgan fingerprint density at radius 2 is 1.75 bits per heavy atom. The van der Waals surface area contributed by atoms with Gasteiger partial charge < -0.3 is 5.32 Å². The van der Waals surface area contributed by atoms with Crippen molar-refractivity contribution in [2.45, 2.75) is 18.7 Å². The van der Waals surface area contributed by atoms with E-state index in [1.807, 2.05) is 0 Å². The van der Waals surface area contributed by atoms with Crippen molar-refractivity contribution in [3.8, 4) is 0 Å². The lowest BCUT2D eigenvalue weighted by atomic mass is 10.3. The Morgan fingerprint density at radius 3 is 2.36 bits per heavy atom. The summed E-state index contributed by atoms with van der Waals surface area (Å²) in [6.45, 7) is 3.54. The molecule has 6 nitrogen and oxygen atoms in total. The van der Waals surface area contributed by atoms with Crippen LogP contribution in [0.4, 0.5) is 15.8 Å². The van der Waals surface area contributed by atoms with Crippen LogP contribution in [0.25, 0.3) is 0 Å². The van der Waals surface area contributed by atoms with Gasteiger partial charge in [-0.05, 0) is 56.3 Å². The minimum absolute atomic E-state index is 0.132. The highest BCUT2D eigenvalue weighted by atomic mass is 35.5. The molecule has 10 heteroatoms. The first kappa shape index (κ1) is 20.2. The van der Waals surface area contributed by atoms with Gasteiger partial charge in [0.1, 0.15) is 16.4 Å². The smallest absolute Gasteiger partial charge is 0.275 e. The van der Waals surface area contributed by atoms with Crippen molar-refractivity contribution < 1.29 is 17.6 Å². The lowest BCUT2D eigenvalue weighted by molar-refractivity contribution is 0.102. The van der Waals surface area contributed by atoms with E-state index in [-0.39, 0.29) is 17.1 Å². The van der Waals surface area contributed by atoms with Gasteiger partial charge in [0.15, 0.2) is 0 Å². The molecule has 1 aromatic heterocycles. The molecule has 28 heavy (non-hydrogen) atoms. The maximum atomic E-state index is 14.2. The first-order valence-electron chi connectivity index (χ1n) is 7.99. The normalized spacial score (nSPS) is 11.3. The third kappa shape index (κ3) is 4.49. The number of halogens is 2. The van der Waals surface area contributed by atoms with Crippen molar-refractivity contribution in [2.75, 3.05) is 10.0 Å². The first-order chi connectivity index (χ1) is 13.2. The number of nitrogens with zero attached hydrogens (tertiary/aromatic N) is 1. The van der Waals surface area contributed by atoms with E-state index in [4.69, 9.17) is 11.6 Å². The number of aryl methyl sites for hydroxylation is 2. The number of anilines is 2. The zero-order valence-electron chi connectivity index (χ0n) is 14.8. The second kappa shape index (κ2) is 7.86. The van der Waals surface area contributed by atoms with Crippen molar-refractivity contribution >= 4 is 50.2 Å². The van der Waals surface area contributed by atoms with E-state index in [1.54, 1.807) is 13.8 Å². The topological polar surface area (TPSA) is 88.2 Å². The number of carbonyl (C=O) groups is 1. The summed E-state index contributed by atoms with van der Waals surface area (Å²) in [7, 11) is -4.22. The maximum Gasteiger partial charge on any atom is 0.275 e. The number of benzene rings is 2. The highest BCUT2D eigenvalue weighted by Crippen LogP contribution is 2.24. The van der Waals surface area contributed by atoms with Gasteiger partial charge in [-0.2, -0.15) is 0 Å². The zero-order chi connectivity index (χ0) is 20.5. The molecular formula is C18H15ClFN3O3S2. The van der Waals surface area contributed by atoms with Gasteiger partial charge in [-0.1, -0.05) is 11.6 Å². The second-order valence-corrected chi connectivity index (χ2v) is 9.34. The molecule has 0 saturated heterocycles. The standard InChI is InChI=1S/C18H15ClFN3O3S2/c1-10-17(21-11(2)27-10)18(24)22-14-7-8-15(20)16(9-14)28(25,26)23-13-5-3-12(19)4-6-13/h3-9,23H,1-2H3,(H,22,24). The molecule has 0 fully saturated rings. The summed E-state index contributed by atoms with van der Waals surface area (Å²) >= 11 is 7.15. The largest absolute Gasteiger partial charge is 0.321 e. The molecule has 0 bridgehead atoms. The Kier molecular flexibility index (Phi) is 5.69. The predicted molar refractivity (Wildman–Crippen MR) is 108 cm³/mol. The van der Waals surface area contributed by atoms with Crippen LogP contribution in [0.2, 0.25) is 5.02 Å². The molecule has 3 aromatic rings. The fourth-order valence-electron chi connectivity index (χ4n) is 2.44. The van der Waals surface area contributed by atoms with E-state index in [2.05, 4.69) is 15.0 Å². The van der Waals surface area contributed by atoms with Gasteiger partial charge in [0.05, 0.1) is 5.01 Å². The number of aromatic nitrogens is 1. The van der Waals surface area contributed by atoms with Crippen LogP contribution in [0.5, 0.6) is 0 Å². The lowest BCUT2D eigenvalue weighted by Crippen LogP contribution is -2.17. The minimum Gasteiger partial charge on any atom is -0.321 e. The quantitative estimate of drug-likeness (QED) is 0.607. The summed E-state index contributed by atoms with van der Waals surface area (Å²) in [6.07, 6.45) is 0. The Morgan fingerprint density at radius 1 is 1.11 bits per heavy atom. The van der Waals surface area contributed by atoms with Gasteiger partial charge >= 0.3 is 0 Å². The van der Waals surface area contributed by atoms with E-state index >= 15 is 0 Å². The molecule has 3 rings (SSSR count). The SMILES string of the molecule is Cc1nc(C(=O)Nc2ccc(F)c(S(=O)(=O)Nc3ccc(Cl)cc3)c2)c(C)s1.